The van der Waals surface area contributed by atoms with Crippen molar-refractivity contribution in [3.05, 3.63) is 71.8 Å². The standard InChI is InChI=1S/C24H25ClFN5O3.2C4H4O4/c1-33-19-12-18-15(22(29-13-28-18)31-17-4-2-3-16(25)21(17)26)11-20(19)34-14-5-7-24(8-6-14)23(32)27-9-10-30-24;2*5-3(6)1-2-4(7)8/h2-4,11-14,30H,5-10H2,1H3,(H,27,32)(H,28,29,31);2*1-2H,(H,5,6)(H,7,8)/b;2*2-1-. The van der Waals surface area contributed by atoms with Crippen molar-refractivity contribution >= 4 is 63.8 Å². The van der Waals surface area contributed by atoms with E-state index in [0.29, 0.717) is 71.9 Å². The van der Waals surface area contributed by atoms with Gasteiger partial charge in [0.25, 0.3) is 0 Å². The molecule has 0 radical (unpaired) electrons. The molecule has 1 saturated heterocycles. The second-order valence-electron chi connectivity index (χ2n) is 10.6. The SMILES string of the molecule is COc1cc2ncnc(Nc3cccc(Cl)c3F)c2cc1OC1CCC2(CC1)NCCNC2=O.O=C(O)/C=C\C(=O)O.O=C(O)/C=C\C(=O)O. The van der Waals surface area contributed by atoms with Gasteiger partial charge in [-0.3, -0.25) is 4.79 Å². The highest BCUT2D eigenvalue weighted by Crippen LogP contribution is 2.38. The van der Waals surface area contributed by atoms with E-state index in [1.807, 2.05) is 0 Å². The van der Waals surface area contributed by atoms with E-state index in [4.69, 9.17) is 41.5 Å². The third-order valence-corrected chi connectivity index (χ3v) is 7.54. The molecule has 1 spiro atoms. The molecular formula is C32H33ClFN5O11. The Labute approximate surface area is 288 Å². The minimum atomic E-state index is -1.26. The molecule has 1 aromatic heterocycles. The van der Waals surface area contributed by atoms with Crippen LogP contribution in [-0.4, -0.2) is 92.0 Å². The quantitative estimate of drug-likeness (QED) is 0.157. The number of halogens is 2. The van der Waals surface area contributed by atoms with Gasteiger partial charge in [0.1, 0.15) is 12.1 Å². The van der Waals surface area contributed by atoms with Crippen molar-refractivity contribution in [3.63, 3.8) is 0 Å². The van der Waals surface area contributed by atoms with E-state index in [-0.39, 0.29) is 22.7 Å². The van der Waals surface area contributed by atoms with Gasteiger partial charge in [-0.25, -0.2) is 33.5 Å². The average molecular weight is 718 g/mol. The zero-order valence-electron chi connectivity index (χ0n) is 26.4. The number of hydrogen-bond acceptors (Lipinski definition) is 11. The second-order valence-corrected chi connectivity index (χ2v) is 11.0. The number of nitrogens with zero attached hydrogens (tertiary/aromatic N) is 2. The summed E-state index contributed by atoms with van der Waals surface area (Å²) in [6.07, 6.45) is 6.41. The number of carboxylic acid groups (broad SMARTS) is 4. The van der Waals surface area contributed by atoms with Crippen molar-refractivity contribution in [1.29, 1.82) is 0 Å². The highest BCUT2D eigenvalue weighted by atomic mass is 35.5. The topological polar surface area (TPSA) is 247 Å². The van der Waals surface area contributed by atoms with E-state index >= 15 is 0 Å². The Bertz CT molecular complexity index is 1730. The summed E-state index contributed by atoms with van der Waals surface area (Å²) in [5, 5.41) is 41.3. The largest absolute Gasteiger partial charge is 0.493 e. The summed E-state index contributed by atoms with van der Waals surface area (Å²) in [7, 11) is 1.57. The molecule has 5 rings (SSSR count). The van der Waals surface area contributed by atoms with Crippen molar-refractivity contribution in [2.75, 3.05) is 25.5 Å². The maximum atomic E-state index is 14.5. The molecule has 0 unspecified atom stereocenters. The van der Waals surface area contributed by atoms with E-state index in [1.54, 1.807) is 31.4 Å². The molecule has 2 aromatic carbocycles. The van der Waals surface area contributed by atoms with Gasteiger partial charge in [0, 0.05) is 48.8 Å². The zero-order chi connectivity index (χ0) is 36.8. The van der Waals surface area contributed by atoms with Gasteiger partial charge in [-0.2, -0.15) is 0 Å². The molecule has 0 bridgehead atoms. The molecule has 7 N–H and O–H groups in total. The van der Waals surface area contributed by atoms with Crippen LogP contribution in [0.25, 0.3) is 10.9 Å². The average Bonchev–Trinajstić information content (AvgIpc) is 3.08. The van der Waals surface area contributed by atoms with Gasteiger partial charge in [0.15, 0.2) is 17.3 Å². The molecule has 2 aliphatic rings. The Morgan fingerprint density at radius 1 is 0.940 bits per heavy atom. The third kappa shape index (κ3) is 11.1. The van der Waals surface area contributed by atoms with Crippen LogP contribution in [0.4, 0.5) is 15.9 Å². The molecule has 1 aliphatic heterocycles. The number of ether oxygens (including phenoxy) is 2. The van der Waals surface area contributed by atoms with E-state index in [9.17, 15) is 28.4 Å². The van der Waals surface area contributed by atoms with E-state index in [0.717, 1.165) is 19.4 Å². The number of amides is 1. The maximum Gasteiger partial charge on any atom is 0.328 e. The van der Waals surface area contributed by atoms with Gasteiger partial charge in [0.2, 0.25) is 5.91 Å². The van der Waals surface area contributed by atoms with Crippen molar-refractivity contribution < 1.29 is 58.3 Å². The van der Waals surface area contributed by atoms with Crippen LogP contribution in [0.5, 0.6) is 11.5 Å². The van der Waals surface area contributed by atoms with Crippen LogP contribution in [0.3, 0.4) is 0 Å². The summed E-state index contributed by atoms with van der Waals surface area (Å²) in [6, 6.07) is 8.30. The first-order chi connectivity index (χ1) is 23.7. The van der Waals surface area contributed by atoms with Gasteiger partial charge in [-0.05, 0) is 43.9 Å². The minimum absolute atomic E-state index is 0.0188. The molecule has 50 heavy (non-hydrogen) atoms. The fourth-order valence-corrected chi connectivity index (χ4v) is 5.12. The summed E-state index contributed by atoms with van der Waals surface area (Å²) < 4.78 is 26.4. The van der Waals surface area contributed by atoms with Gasteiger partial charge in [-0.15, -0.1) is 0 Å². The predicted octanol–water partition coefficient (Wildman–Crippen LogP) is 3.38. The number of hydrogen-bond donors (Lipinski definition) is 7. The number of benzene rings is 2. The first kappa shape index (κ1) is 38.6. The highest BCUT2D eigenvalue weighted by molar-refractivity contribution is 6.31. The maximum absolute atomic E-state index is 14.5. The monoisotopic (exact) mass is 717 g/mol. The number of aromatic nitrogens is 2. The molecule has 0 atom stereocenters. The molecule has 16 nitrogen and oxygen atoms in total. The predicted molar refractivity (Wildman–Crippen MR) is 176 cm³/mol. The van der Waals surface area contributed by atoms with Crippen LogP contribution in [-0.2, 0) is 24.0 Å². The fourth-order valence-electron chi connectivity index (χ4n) is 4.94. The molecular weight excluding hydrogens is 685 g/mol. The second kappa shape index (κ2) is 18.1. The van der Waals surface area contributed by atoms with E-state index in [1.165, 1.54) is 12.4 Å². The number of fused-ring (bicyclic) bond motifs is 1. The van der Waals surface area contributed by atoms with Crippen LogP contribution < -0.4 is 25.4 Å². The van der Waals surface area contributed by atoms with Gasteiger partial charge < -0.3 is 45.9 Å². The number of methoxy groups -OCH3 is 1. The number of nitrogens with one attached hydrogen (secondary N) is 3. The lowest BCUT2D eigenvalue weighted by Crippen LogP contribution is -2.64. The molecule has 1 saturated carbocycles. The first-order valence-electron chi connectivity index (χ1n) is 14.8. The third-order valence-electron chi connectivity index (χ3n) is 7.25. The van der Waals surface area contributed by atoms with Gasteiger partial charge >= 0.3 is 23.9 Å². The number of rotatable bonds is 9. The summed E-state index contributed by atoms with van der Waals surface area (Å²) in [5.74, 6) is -4.01. The first-order valence-corrected chi connectivity index (χ1v) is 15.1. The van der Waals surface area contributed by atoms with Crippen LogP contribution in [0.15, 0.2) is 61.0 Å². The summed E-state index contributed by atoms with van der Waals surface area (Å²) in [4.78, 5) is 59.3. The number of carbonyl (C=O) groups excluding carboxylic acids is 1. The molecule has 2 heterocycles. The molecule has 1 aliphatic carbocycles. The van der Waals surface area contributed by atoms with Crippen molar-refractivity contribution in [3.8, 4) is 11.5 Å². The molecule has 3 aromatic rings. The molecule has 2 fully saturated rings. The Balaban J connectivity index is 0.000000352. The van der Waals surface area contributed by atoms with Gasteiger partial charge in [-0.1, -0.05) is 17.7 Å². The van der Waals surface area contributed by atoms with Crippen molar-refractivity contribution in [2.45, 2.75) is 37.3 Å². The van der Waals surface area contributed by atoms with Gasteiger partial charge in [0.05, 0.1) is 35.0 Å². The lowest BCUT2D eigenvalue weighted by atomic mass is 9.78. The van der Waals surface area contributed by atoms with Crippen molar-refractivity contribution in [2.24, 2.45) is 0 Å². The zero-order valence-corrected chi connectivity index (χ0v) is 27.1. The summed E-state index contributed by atoms with van der Waals surface area (Å²) >= 11 is 5.92. The lowest BCUT2D eigenvalue weighted by molar-refractivity contribution is -0.134. The van der Waals surface area contributed by atoms with Crippen molar-refractivity contribution in [1.82, 2.24) is 20.6 Å². The summed E-state index contributed by atoms with van der Waals surface area (Å²) in [5.41, 5.74) is 0.328. The van der Waals surface area contributed by atoms with Crippen LogP contribution >= 0.6 is 11.6 Å². The molecule has 266 valence electrons. The number of anilines is 2. The Morgan fingerprint density at radius 3 is 2.08 bits per heavy atom. The minimum Gasteiger partial charge on any atom is -0.493 e. The molecule has 18 heteroatoms. The van der Waals surface area contributed by atoms with Crippen LogP contribution in [0.1, 0.15) is 25.7 Å². The van der Waals surface area contributed by atoms with Crippen LogP contribution in [0, 0.1) is 5.82 Å². The summed E-state index contributed by atoms with van der Waals surface area (Å²) in [6.45, 7) is 1.44. The fraction of sp³-hybridized carbons (Fsp3) is 0.281. The Kier molecular flexibility index (Phi) is 14.0. The highest BCUT2D eigenvalue weighted by Gasteiger charge is 2.43. The number of piperazine rings is 1. The number of aliphatic carboxylic acids is 4. The Morgan fingerprint density at radius 2 is 1.54 bits per heavy atom. The van der Waals surface area contributed by atoms with E-state index < -0.39 is 35.2 Å². The van der Waals surface area contributed by atoms with E-state index in [2.05, 4.69) is 25.9 Å². The lowest BCUT2D eigenvalue weighted by Gasteiger charge is -2.42. The van der Waals surface area contributed by atoms with Crippen LogP contribution in [0.2, 0.25) is 5.02 Å². The number of carbonyl (C=O) groups is 5. The normalized spacial score (nSPS) is 18.3. The smallest absolute Gasteiger partial charge is 0.328 e. The molecule has 1 amide bonds. The number of carboxylic acids is 4. The Hall–Kier alpha value is -5.81.